The van der Waals surface area contributed by atoms with Gasteiger partial charge in [0.1, 0.15) is 5.82 Å². The fourth-order valence-corrected chi connectivity index (χ4v) is 2.37. The average molecular weight is 265 g/mol. The van der Waals surface area contributed by atoms with Gasteiger partial charge in [-0.3, -0.25) is 9.48 Å². The van der Waals surface area contributed by atoms with E-state index in [0.29, 0.717) is 11.0 Å². The summed E-state index contributed by atoms with van der Waals surface area (Å²) in [6.45, 7) is 2.62. The first-order valence-corrected chi connectivity index (χ1v) is 6.62. The van der Waals surface area contributed by atoms with Crippen LogP contribution in [0.3, 0.4) is 0 Å². The molecule has 18 heavy (non-hydrogen) atoms. The zero-order chi connectivity index (χ0) is 13.0. The van der Waals surface area contributed by atoms with Crippen LogP contribution in [0.2, 0.25) is 0 Å². The van der Waals surface area contributed by atoms with Crippen molar-refractivity contribution in [3.63, 3.8) is 0 Å². The van der Waals surface area contributed by atoms with Crippen molar-refractivity contribution in [2.24, 2.45) is 0 Å². The molecule has 0 aliphatic heterocycles. The molecule has 0 amide bonds. The predicted molar refractivity (Wildman–Crippen MR) is 71.6 cm³/mol. The van der Waals surface area contributed by atoms with Gasteiger partial charge in [-0.05, 0) is 19.4 Å². The zero-order valence-electron chi connectivity index (χ0n) is 10.1. The second kappa shape index (κ2) is 5.72. The molecule has 0 aliphatic carbocycles. The van der Waals surface area contributed by atoms with Crippen LogP contribution in [-0.4, -0.2) is 25.5 Å². The maximum absolute atomic E-state index is 11.2. The molecule has 0 bridgehead atoms. The summed E-state index contributed by atoms with van der Waals surface area (Å²) in [5.41, 5.74) is 6.15. The Hall–Kier alpha value is -1.76. The summed E-state index contributed by atoms with van der Waals surface area (Å²) in [6.07, 6.45) is 2.79. The van der Waals surface area contributed by atoms with Crippen LogP contribution in [-0.2, 0) is 6.54 Å². The quantitative estimate of drug-likeness (QED) is 0.479. The van der Waals surface area contributed by atoms with Gasteiger partial charge in [0.05, 0.1) is 0 Å². The molecule has 0 aromatic carbocycles. The molecular formula is C11H15N5OS. The van der Waals surface area contributed by atoms with E-state index in [-0.39, 0.29) is 5.56 Å². The third kappa shape index (κ3) is 3.63. The van der Waals surface area contributed by atoms with Gasteiger partial charge in [-0.25, -0.2) is 4.98 Å². The van der Waals surface area contributed by atoms with Crippen molar-refractivity contribution in [3.05, 3.63) is 34.4 Å². The van der Waals surface area contributed by atoms with E-state index >= 15 is 0 Å². The van der Waals surface area contributed by atoms with E-state index in [9.17, 15) is 4.79 Å². The Bertz CT molecular complexity index is 577. The lowest BCUT2D eigenvalue weighted by molar-refractivity contribution is 0.608. The van der Waals surface area contributed by atoms with Crippen LogP contribution in [0.5, 0.6) is 0 Å². The first kappa shape index (κ1) is 12.7. The van der Waals surface area contributed by atoms with Crippen molar-refractivity contribution < 1.29 is 0 Å². The number of thioether (sulfide) groups is 1. The molecule has 96 valence electrons. The zero-order valence-corrected chi connectivity index (χ0v) is 10.9. The molecule has 0 aliphatic rings. The van der Waals surface area contributed by atoms with Crippen LogP contribution < -0.4 is 11.3 Å². The molecule has 0 radical (unpaired) electrons. The molecule has 2 rings (SSSR count). The molecule has 2 aromatic heterocycles. The summed E-state index contributed by atoms with van der Waals surface area (Å²) >= 11 is 1.54. The van der Waals surface area contributed by atoms with Gasteiger partial charge in [0.15, 0.2) is 5.16 Å². The van der Waals surface area contributed by atoms with Gasteiger partial charge in [-0.1, -0.05) is 11.8 Å². The van der Waals surface area contributed by atoms with Gasteiger partial charge in [-0.2, -0.15) is 5.10 Å². The molecule has 0 fully saturated rings. The van der Waals surface area contributed by atoms with Crippen molar-refractivity contribution in [3.8, 4) is 0 Å². The highest BCUT2D eigenvalue weighted by molar-refractivity contribution is 7.99. The fraction of sp³-hybridized carbons (Fsp3) is 0.364. The molecule has 7 heteroatoms. The second-order valence-electron chi connectivity index (χ2n) is 3.90. The van der Waals surface area contributed by atoms with Crippen LogP contribution >= 0.6 is 11.8 Å². The van der Waals surface area contributed by atoms with Crippen LogP contribution in [0, 0.1) is 6.92 Å². The van der Waals surface area contributed by atoms with Gasteiger partial charge in [0, 0.05) is 30.3 Å². The molecule has 3 N–H and O–H groups in total. The molecule has 2 aromatic rings. The minimum Gasteiger partial charge on any atom is -0.382 e. The Morgan fingerprint density at radius 2 is 2.39 bits per heavy atom. The molecule has 6 nitrogen and oxygen atoms in total. The topological polar surface area (TPSA) is 89.6 Å². The number of anilines is 1. The molecule has 2 heterocycles. The Labute approximate surface area is 109 Å². The van der Waals surface area contributed by atoms with E-state index in [1.54, 1.807) is 6.07 Å². The largest absolute Gasteiger partial charge is 0.382 e. The first-order valence-electron chi connectivity index (χ1n) is 5.63. The number of hydrogen-bond acceptors (Lipinski definition) is 5. The molecule has 0 saturated carbocycles. The van der Waals surface area contributed by atoms with Gasteiger partial charge < -0.3 is 10.7 Å². The number of rotatable bonds is 5. The summed E-state index contributed by atoms with van der Waals surface area (Å²) in [7, 11) is 0. The minimum atomic E-state index is -0.107. The number of H-pyrrole nitrogens is 1. The van der Waals surface area contributed by atoms with Crippen LogP contribution in [0.4, 0.5) is 5.82 Å². The van der Waals surface area contributed by atoms with Gasteiger partial charge >= 0.3 is 0 Å². The number of nitrogen functional groups attached to an aromatic ring is 1. The van der Waals surface area contributed by atoms with Crippen LogP contribution in [0.1, 0.15) is 12.1 Å². The van der Waals surface area contributed by atoms with E-state index in [2.05, 4.69) is 15.1 Å². The Balaban J connectivity index is 1.80. The Morgan fingerprint density at radius 3 is 3.06 bits per heavy atom. The summed E-state index contributed by atoms with van der Waals surface area (Å²) in [5, 5.41) is 4.76. The SMILES string of the molecule is Cc1cc(=O)[nH]c(SCCCn2ccc(N)n2)n1. The van der Waals surface area contributed by atoms with Crippen molar-refractivity contribution in [1.29, 1.82) is 0 Å². The maximum atomic E-state index is 11.2. The summed E-state index contributed by atoms with van der Waals surface area (Å²) in [5.74, 6) is 1.40. The lowest BCUT2D eigenvalue weighted by Crippen LogP contribution is -2.08. The summed E-state index contributed by atoms with van der Waals surface area (Å²) in [4.78, 5) is 18.2. The highest BCUT2D eigenvalue weighted by atomic mass is 32.2. The number of nitrogens with one attached hydrogen (secondary N) is 1. The lowest BCUT2D eigenvalue weighted by Gasteiger charge is -2.02. The highest BCUT2D eigenvalue weighted by Crippen LogP contribution is 2.12. The lowest BCUT2D eigenvalue weighted by atomic mass is 10.5. The van der Waals surface area contributed by atoms with Crippen molar-refractivity contribution in [2.75, 3.05) is 11.5 Å². The number of aromatic nitrogens is 4. The van der Waals surface area contributed by atoms with Crippen molar-refractivity contribution in [1.82, 2.24) is 19.7 Å². The number of aromatic amines is 1. The van der Waals surface area contributed by atoms with Gasteiger partial charge in [0.2, 0.25) is 0 Å². The third-order valence-corrected chi connectivity index (χ3v) is 3.24. The smallest absolute Gasteiger partial charge is 0.251 e. The Kier molecular flexibility index (Phi) is 4.03. The van der Waals surface area contributed by atoms with E-state index in [0.717, 1.165) is 24.4 Å². The standard InChI is InChI=1S/C11H15N5OS/c1-8-7-10(17)14-11(13-8)18-6-2-4-16-5-3-9(12)15-16/h3,5,7H,2,4,6H2,1H3,(H2,12,15)(H,13,14,17). The van der Waals surface area contributed by atoms with Gasteiger partial charge in [-0.15, -0.1) is 0 Å². The van der Waals surface area contributed by atoms with Crippen LogP contribution in [0.15, 0.2) is 28.3 Å². The average Bonchev–Trinajstić information content (AvgIpc) is 2.69. The molecule has 0 unspecified atom stereocenters. The molecule has 0 atom stereocenters. The van der Waals surface area contributed by atoms with E-state index in [1.807, 2.05) is 17.8 Å². The van der Waals surface area contributed by atoms with E-state index in [4.69, 9.17) is 5.73 Å². The first-order chi connectivity index (χ1) is 8.63. The number of nitrogens with zero attached hydrogens (tertiary/aromatic N) is 3. The molecule has 0 saturated heterocycles. The second-order valence-corrected chi connectivity index (χ2v) is 4.98. The Morgan fingerprint density at radius 1 is 1.56 bits per heavy atom. The van der Waals surface area contributed by atoms with Crippen LogP contribution in [0.25, 0.3) is 0 Å². The third-order valence-electron chi connectivity index (χ3n) is 2.28. The maximum Gasteiger partial charge on any atom is 0.251 e. The number of nitrogens with two attached hydrogens (primary N) is 1. The molecular weight excluding hydrogens is 250 g/mol. The fourth-order valence-electron chi connectivity index (χ4n) is 1.52. The summed E-state index contributed by atoms with van der Waals surface area (Å²) in [6, 6.07) is 3.25. The minimum absolute atomic E-state index is 0.107. The number of hydrogen-bond donors (Lipinski definition) is 2. The molecule has 0 spiro atoms. The van der Waals surface area contributed by atoms with E-state index < -0.39 is 0 Å². The van der Waals surface area contributed by atoms with E-state index in [1.165, 1.54) is 17.8 Å². The predicted octanol–water partition coefficient (Wildman–Crippen LogP) is 1.04. The van der Waals surface area contributed by atoms with Gasteiger partial charge in [0.25, 0.3) is 5.56 Å². The monoisotopic (exact) mass is 265 g/mol. The van der Waals surface area contributed by atoms with Crippen molar-refractivity contribution >= 4 is 17.6 Å². The number of aryl methyl sites for hydroxylation is 2. The summed E-state index contributed by atoms with van der Waals surface area (Å²) < 4.78 is 1.81. The normalized spacial score (nSPS) is 10.7. The highest BCUT2D eigenvalue weighted by Gasteiger charge is 2.00. The van der Waals surface area contributed by atoms with Crippen molar-refractivity contribution in [2.45, 2.75) is 25.0 Å².